The third kappa shape index (κ3) is 1.71. The molecule has 60 valence electrons. The Bertz CT molecular complexity index is 271. The van der Waals surface area contributed by atoms with E-state index in [4.69, 9.17) is 0 Å². The van der Waals surface area contributed by atoms with Gasteiger partial charge in [-0.15, -0.1) is 11.8 Å². The molecule has 0 atom stereocenters. The SMILES string of the molecule is CSc1cc(F)c(F)cc1C. The van der Waals surface area contributed by atoms with E-state index in [1.165, 1.54) is 23.9 Å². The van der Waals surface area contributed by atoms with Gasteiger partial charge in [-0.25, -0.2) is 8.78 Å². The monoisotopic (exact) mass is 174 g/mol. The lowest BCUT2D eigenvalue weighted by Gasteiger charge is -2.01. The van der Waals surface area contributed by atoms with Gasteiger partial charge in [0.25, 0.3) is 0 Å². The lowest BCUT2D eigenvalue weighted by atomic mass is 10.2. The van der Waals surface area contributed by atoms with E-state index in [0.717, 1.165) is 10.5 Å². The van der Waals surface area contributed by atoms with Crippen molar-refractivity contribution in [3.05, 3.63) is 29.3 Å². The van der Waals surface area contributed by atoms with Crippen molar-refractivity contribution in [2.75, 3.05) is 6.26 Å². The van der Waals surface area contributed by atoms with E-state index in [-0.39, 0.29) is 0 Å². The normalized spacial score (nSPS) is 10.2. The summed E-state index contributed by atoms with van der Waals surface area (Å²) in [6.07, 6.45) is 1.83. The van der Waals surface area contributed by atoms with E-state index in [1.54, 1.807) is 6.92 Å². The fraction of sp³-hybridized carbons (Fsp3) is 0.250. The van der Waals surface area contributed by atoms with Crippen molar-refractivity contribution >= 4 is 11.8 Å². The maximum atomic E-state index is 12.6. The number of halogens is 2. The van der Waals surface area contributed by atoms with Gasteiger partial charge in [-0.05, 0) is 30.9 Å². The summed E-state index contributed by atoms with van der Waals surface area (Å²) in [5.41, 5.74) is 0.774. The Morgan fingerprint density at radius 2 is 1.73 bits per heavy atom. The van der Waals surface area contributed by atoms with Gasteiger partial charge < -0.3 is 0 Å². The minimum absolute atomic E-state index is 0.774. The Balaban J connectivity index is 3.21. The van der Waals surface area contributed by atoms with E-state index in [1.807, 2.05) is 6.26 Å². The second-order valence-corrected chi connectivity index (χ2v) is 3.08. The maximum Gasteiger partial charge on any atom is 0.159 e. The summed E-state index contributed by atoms with van der Waals surface area (Å²) in [5, 5.41) is 0. The first-order valence-corrected chi connectivity index (χ1v) is 4.37. The molecule has 1 rings (SSSR count). The fourth-order valence-corrected chi connectivity index (χ4v) is 1.45. The van der Waals surface area contributed by atoms with E-state index in [0.29, 0.717) is 0 Å². The van der Waals surface area contributed by atoms with Gasteiger partial charge in [-0.1, -0.05) is 0 Å². The minimum Gasteiger partial charge on any atom is -0.204 e. The highest BCUT2D eigenvalue weighted by Crippen LogP contribution is 2.22. The van der Waals surface area contributed by atoms with Crippen molar-refractivity contribution in [2.24, 2.45) is 0 Å². The highest BCUT2D eigenvalue weighted by atomic mass is 32.2. The van der Waals surface area contributed by atoms with Crippen molar-refractivity contribution in [1.82, 2.24) is 0 Å². The van der Waals surface area contributed by atoms with Gasteiger partial charge >= 0.3 is 0 Å². The van der Waals surface area contributed by atoms with Crippen LogP contribution in [0.5, 0.6) is 0 Å². The zero-order valence-electron chi connectivity index (χ0n) is 6.32. The Kier molecular flexibility index (Phi) is 2.49. The maximum absolute atomic E-state index is 12.6. The summed E-state index contributed by atoms with van der Waals surface area (Å²) >= 11 is 1.41. The van der Waals surface area contributed by atoms with Crippen LogP contribution in [0.1, 0.15) is 5.56 Å². The number of benzene rings is 1. The standard InChI is InChI=1S/C8H8F2S/c1-5-3-6(9)7(10)4-8(5)11-2/h3-4H,1-2H3. The summed E-state index contributed by atoms with van der Waals surface area (Å²) in [6, 6.07) is 2.43. The molecule has 0 unspecified atom stereocenters. The molecule has 0 nitrogen and oxygen atoms in total. The van der Waals surface area contributed by atoms with E-state index in [2.05, 4.69) is 0 Å². The van der Waals surface area contributed by atoms with Crippen LogP contribution in [-0.4, -0.2) is 6.26 Å². The fourth-order valence-electron chi connectivity index (χ4n) is 0.848. The highest BCUT2D eigenvalue weighted by Gasteiger charge is 2.04. The Hall–Kier alpha value is -0.570. The second kappa shape index (κ2) is 3.22. The van der Waals surface area contributed by atoms with Crippen molar-refractivity contribution in [3.8, 4) is 0 Å². The number of hydrogen-bond donors (Lipinski definition) is 0. The lowest BCUT2D eigenvalue weighted by molar-refractivity contribution is 0.504. The smallest absolute Gasteiger partial charge is 0.159 e. The van der Waals surface area contributed by atoms with Gasteiger partial charge in [-0.3, -0.25) is 0 Å². The molecule has 0 aliphatic carbocycles. The third-order valence-corrected chi connectivity index (χ3v) is 2.32. The predicted octanol–water partition coefficient (Wildman–Crippen LogP) is 3.00. The van der Waals surface area contributed by atoms with Crippen LogP contribution in [0.25, 0.3) is 0 Å². The largest absolute Gasteiger partial charge is 0.204 e. The first-order chi connectivity index (χ1) is 5.15. The highest BCUT2D eigenvalue weighted by molar-refractivity contribution is 7.98. The van der Waals surface area contributed by atoms with Crippen molar-refractivity contribution in [1.29, 1.82) is 0 Å². The molecule has 0 saturated heterocycles. The molecule has 0 aliphatic heterocycles. The van der Waals surface area contributed by atoms with Crippen molar-refractivity contribution in [2.45, 2.75) is 11.8 Å². The molecule has 0 aromatic heterocycles. The molecule has 0 spiro atoms. The molecule has 0 N–H and O–H groups in total. The molecule has 0 amide bonds. The average Bonchev–Trinajstić information content (AvgIpc) is 1.97. The van der Waals surface area contributed by atoms with Crippen LogP contribution in [0.4, 0.5) is 8.78 Å². The van der Waals surface area contributed by atoms with E-state index >= 15 is 0 Å². The number of rotatable bonds is 1. The summed E-state index contributed by atoms with van der Waals surface area (Å²) in [7, 11) is 0. The molecular formula is C8H8F2S. The van der Waals surface area contributed by atoms with Gasteiger partial charge in [0.15, 0.2) is 11.6 Å². The van der Waals surface area contributed by atoms with Crippen LogP contribution in [0, 0.1) is 18.6 Å². The molecule has 0 aliphatic rings. The van der Waals surface area contributed by atoms with Crippen LogP contribution < -0.4 is 0 Å². The second-order valence-electron chi connectivity index (χ2n) is 2.24. The van der Waals surface area contributed by atoms with Gasteiger partial charge in [-0.2, -0.15) is 0 Å². The molecule has 1 aromatic carbocycles. The minimum atomic E-state index is -0.778. The van der Waals surface area contributed by atoms with Crippen LogP contribution in [0.15, 0.2) is 17.0 Å². The first-order valence-electron chi connectivity index (χ1n) is 3.15. The molecule has 0 saturated carbocycles. The first kappa shape index (κ1) is 8.53. The number of thioether (sulfide) groups is 1. The molecule has 0 radical (unpaired) electrons. The van der Waals surface area contributed by atoms with Gasteiger partial charge in [0, 0.05) is 4.90 Å². The van der Waals surface area contributed by atoms with E-state index in [9.17, 15) is 8.78 Å². The zero-order chi connectivity index (χ0) is 8.43. The topological polar surface area (TPSA) is 0 Å². The Morgan fingerprint density at radius 3 is 2.27 bits per heavy atom. The van der Waals surface area contributed by atoms with Crippen LogP contribution in [-0.2, 0) is 0 Å². The molecule has 3 heteroatoms. The van der Waals surface area contributed by atoms with Crippen LogP contribution >= 0.6 is 11.8 Å². The van der Waals surface area contributed by atoms with Gasteiger partial charge in [0.2, 0.25) is 0 Å². The quantitative estimate of drug-likeness (QED) is 0.590. The van der Waals surface area contributed by atoms with Crippen LogP contribution in [0.2, 0.25) is 0 Å². The molecule has 11 heavy (non-hydrogen) atoms. The van der Waals surface area contributed by atoms with Gasteiger partial charge in [0.05, 0.1) is 0 Å². The molecule has 0 heterocycles. The Morgan fingerprint density at radius 1 is 1.18 bits per heavy atom. The Labute approximate surface area is 68.6 Å². The van der Waals surface area contributed by atoms with Crippen molar-refractivity contribution < 1.29 is 8.78 Å². The van der Waals surface area contributed by atoms with E-state index < -0.39 is 11.6 Å². The lowest BCUT2D eigenvalue weighted by Crippen LogP contribution is -1.87. The third-order valence-electron chi connectivity index (χ3n) is 1.44. The zero-order valence-corrected chi connectivity index (χ0v) is 7.14. The predicted molar refractivity (Wildman–Crippen MR) is 42.9 cm³/mol. The molecule has 1 aromatic rings. The van der Waals surface area contributed by atoms with Crippen molar-refractivity contribution in [3.63, 3.8) is 0 Å². The molecule has 0 bridgehead atoms. The molecule has 0 fully saturated rings. The average molecular weight is 174 g/mol. The van der Waals surface area contributed by atoms with Crippen LogP contribution in [0.3, 0.4) is 0 Å². The summed E-state index contributed by atoms with van der Waals surface area (Å²) in [4.78, 5) is 0.781. The summed E-state index contributed by atoms with van der Waals surface area (Å²) in [5.74, 6) is -1.56. The molecular weight excluding hydrogens is 166 g/mol. The van der Waals surface area contributed by atoms with Gasteiger partial charge in [0.1, 0.15) is 0 Å². The number of hydrogen-bond acceptors (Lipinski definition) is 1. The summed E-state index contributed by atoms with van der Waals surface area (Å²) in [6.45, 7) is 1.76. The number of aryl methyl sites for hydroxylation is 1. The summed E-state index contributed by atoms with van der Waals surface area (Å²) < 4.78 is 25.1.